The monoisotopic (exact) mass is 833 g/mol. The quantitative estimate of drug-likeness (QED) is 0.0272. The molecule has 2 atom stereocenters. The van der Waals surface area contributed by atoms with Crippen LogP contribution in [0.15, 0.2) is 24.3 Å². The van der Waals surface area contributed by atoms with Gasteiger partial charge in [0.05, 0.1) is 13.2 Å². The Labute approximate surface area is 362 Å². The summed E-state index contributed by atoms with van der Waals surface area (Å²) in [7, 11) is 0. The minimum atomic E-state index is -1.39. The Bertz CT molecular complexity index is 1050. The lowest BCUT2D eigenvalue weighted by Gasteiger charge is -2.15. The zero-order chi connectivity index (χ0) is 43.3. The molecule has 9 heteroatoms. The van der Waals surface area contributed by atoms with Gasteiger partial charge >= 0.3 is 11.9 Å². The number of carbonyl (C=O) groups is 4. The maximum absolute atomic E-state index is 12.8. The van der Waals surface area contributed by atoms with E-state index in [1.165, 1.54) is 161 Å². The second-order valence-corrected chi connectivity index (χ2v) is 16.9. The Hall–Kier alpha value is -2.68. The van der Waals surface area contributed by atoms with Crippen LogP contribution in [0, 0.1) is 0 Å². The van der Waals surface area contributed by atoms with E-state index in [2.05, 4.69) is 48.8 Å². The average Bonchev–Trinajstić information content (AvgIpc) is 3.22. The van der Waals surface area contributed by atoms with Gasteiger partial charge in [-0.15, -0.1) is 0 Å². The van der Waals surface area contributed by atoms with Crippen molar-refractivity contribution in [3.05, 3.63) is 24.3 Å². The van der Waals surface area contributed by atoms with Crippen molar-refractivity contribution in [2.45, 2.75) is 257 Å². The van der Waals surface area contributed by atoms with Crippen molar-refractivity contribution in [3.63, 3.8) is 0 Å². The van der Waals surface area contributed by atoms with Crippen LogP contribution in [0.3, 0.4) is 0 Å². The summed E-state index contributed by atoms with van der Waals surface area (Å²) in [5.41, 5.74) is 0. The van der Waals surface area contributed by atoms with Gasteiger partial charge in [0.15, 0.2) is 0 Å². The number of carboxylic acid groups (broad SMARTS) is 1. The molecule has 0 heterocycles. The molecule has 0 aromatic rings. The zero-order valence-electron chi connectivity index (χ0n) is 38.3. The van der Waals surface area contributed by atoms with Gasteiger partial charge in [-0.3, -0.25) is 14.4 Å². The number of hydrogen-bond donors (Lipinski definition) is 4. The van der Waals surface area contributed by atoms with Crippen LogP contribution in [0.1, 0.15) is 245 Å². The molecule has 4 N–H and O–H groups in total. The van der Waals surface area contributed by atoms with E-state index >= 15 is 0 Å². The van der Waals surface area contributed by atoms with Gasteiger partial charge < -0.3 is 25.6 Å². The summed E-state index contributed by atoms with van der Waals surface area (Å²) in [6.45, 7) is 3.47. The second-order valence-electron chi connectivity index (χ2n) is 16.9. The fourth-order valence-electron chi connectivity index (χ4n) is 7.33. The molecular weight excluding hydrogens is 741 g/mol. The fourth-order valence-corrected chi connectivity index (χ4v) is 7.33. The van der Waals surface area contributed by atoms with E-state index in [0.717, 1.165) is 51.4 Å². The summed E-state index contributed by atoms with van der Waals surface area (Å²) in [5.74, 6) is -2.38. The Kier molecular flexibility index (Phi) is 42.8. The molecule has 0 aromatic carbocycles. The number of aliphatic carboxylic acids is 1. The maximum atomic E-state index is 12.8. The van der Waals surface area contributed by atoms with E-state index in [1.54, 1.807) is 0 Å². The highest BCUT2D eigenvalue weighted by molar-refractivity contribution is 5.87. The largest absolute Gasteiger partial charge is 0.480 e. The topological polar surface area (TPSA) is 142 Å². The van der Waals surface area contributed by atoms with Gasteiger partial charge in [0.25, 0.3) is 0 Å². The third-order valence-corrected chi connectivity index (χ3v) is 11.2. The first-order valence-corrected chi connectivity index (χ1v) is 24.7. The van der Waals surface area contributed by atoms with Crippen LogP contribution in [0.4, 0.5) is 0 Å². The number of esters is 1. The lowest BCUT2D eigenvalue weighted by Crippen LogP contribution is -2.47. The van der Waals surface area contributed by atoms with Crippen molar-refractivity contribution < 1.29 is 34.1 Å². The molecule has 2 unspecified atom stereocenters. The molecule has 344 valence electrons. The number of nitrogens with one attached hydrogen (secondary N) is 2. The minimum Gasteiger partial charge on any atom is -0.480 e. The van der Waals surface area contributed by atoms with Gasteiger partial charge in [0.2, 0.25) is 11.8 Å². The molecule has 9 nitrogen and oxygen atoms in total. The number of allylic oxidation sites excluding steroid dienone is 3. The van der Waals surface area contributed by atoms with Crippen LogP contribution in [0.25, 0.3) is 0 Å². The van der Waals surface area contributed by atoms with Crippen LogP contribution in [0.2, 0.25) is 0 Å². The predicted octanol–water partition coefficient (Wildman–Crippen LogP) is 12.8. The minimum absolute atomic E-state index is 0.107. The zero-order valence-corrected chi connectivity index (χ0v) is 38.3. The molecule has 0 aliphatic rings. The first-order chi connectivity index (χ1) is 28.8. The lowest BCUT2D eigenvalue weighted by atomic mass is 10.0. The highest BCUT2D eigenvalue weighted by atomic mass is 16.5. The standard InChI is InChI=1S/C50H92N2O7/c1-3-5-7-9-11-13-14-15-16-17-18-19-20-21-22-23-24-25-26-28-30-32-38-42-49(56)59-45(39-35-31-29-27-12-10-8-6-4-2)40-36-33-34-37-41-47(54)51-43-48(55)52-46(44-53)50(57)58/h17-18,35,39,45-46,53H,3-16,19-34,36-38,40-44H2,1-2H3,(H,51,54)(H,52,55)(H,57,58)/b18-17-,39-35-. The first kappa shape index (κ1) is 56.3. The highest BCUT2D eigenvalue weighted by Crippen LogP contribution is 2.17. The molecule has 0 bridgehead atoms. The normalized spacial score (nSPS) is 12.6. The number of carboxylic acids is 1. The Morgan fingerprint density at radius 2 is 0.915 bits per heavy atom. The number of aliphatic hydroxyl groups is 1. The molecule has 0 fully saturated rings. The van der Waals surface area contributed by atoms with Crippen molar-refractivity contribution in [3.8, 4) is 0 Å². The molecule has 0 aliphatic carbocycles. The van der Waals surface area contributed by atoms with Crippen LogP contribution < -0.4 is 10.6 Å². The van der Waals surface area contributed by atoms with Gasteiger partial charge in [-0.05, 0) is 70.3 Å². The fraction of sp³-hybridized carbons (Fsp3) is 0.840. The van der Waals surface area contributed by atoms with Crippen LogP contribution in [-0.2, 0) is 23.9 Å². The smallest absolute Gasteiger partial charge is 0.328 e. The van der Waals surface area contributed by atoms with Gasteiger partial charge in [-0.25, -0.2) is 4.79 Å². The number of hydrogen-bond acceptors (Lipinski definition) is 6. The first-order valence-electron chi connectivity index (χ1n) is 24.7. The molecule has 0 saturated carbocycles. The molecule has 0 spiro atoms. The van der Waals surface area contributed by atoms with Crippen molar-refractivity contribution in [1.29, 1.82) is 0 Å². The second kappa shape index (κ2) is 44.9. The van der Waals surface area contributed by atoms with Crippen molar-refractivity contribution in [2.24, 2.45) is 0 Å². The molecule has 0 saturated heterocycles. The summed E-state index contributed by atoms with van der Waals surface area (Å²) in [6, 6.07) is -1.39. The van der Waals surface area contributed by atoms with E-state index in [4.69, 9.17) is 14.9 Å². The van der Waals surface area contributed by atoms with Crippen LogP contribution in [-0.4, -0.2) is 59.3 Å². The van der Waals surface area contributed by atoms with Gasteiger partial charge in [0, 0.05) is 12.8 Å². The predicted molar refractivity (Wildman–Crippen MR) is 245 cm³/mol. The average molecular weight is 833 g/mol. The molecule has 0 aromatic heterocycles. The summed E-state index contributed by atoms with van der Waals surface area (Å²) >= 11 is 0. The summed E-state index contributed by atoms with van der Waals surface area (Å²) < 4.78 is 5.94. The molecule has 0 rings (SSSR count). The summed E-state index contributed by atoms with van der Waals surface area (Å²) in [4.78, 5) is 47.7. The number of aliphatic hydroxyl groups excluding tert-OH is 1. The highest BCUT2D eigenvalue weighted by Gasteiger charge is 2.19. The Morgan fingerprint density at radius 1 is 0.508 bits per heavy atom. The number of carbonyl (C=O) groups excluding carboxylic acids is 3. The van der Waals surface area contributed by atoms with Crippen LogP contribution in [0.5, 0.6) is 0 Å². The lowest BCUT2D eigenvalue weighted by molar-refractivity contribution is -0.147. The number of rotatable bonds is 45. The van der Waals surface area contributed by atoms with Crippen molar-refractivity contribution in [1.82, 2.24) is 10.6 Å². The Morgan fingerprint density at radius 3 is 1.37 bits per heavy atom. The molecule has 0 radical (unpaired) electrons. The Balaban J connectivity index is 4.12. The SMILES string of the molecule is CCCCCCCCC/C=C\C(CCCCCCC(=O)NCC(=O)NC(CO)C(=O)O)OC(=O)CCCCCCCCCCCCC/C=C\CCCCCCCCCC. The van der Waals surface area contributed by atoms with E-state index in [1.807, 2.05) is 0 Å². The van der Waals surface area contributed by atoms with E-state index < -0.39 is 24.5 Å². The van der Waals surface area contributed by atoms with Gasteiger partial charge in [-0.2, -0.15) is 0 Å². The van der Waals surface area contributed by atoms with E-state index in [0.29, 0.717) is 12.8 Å². The molecule has 59 heavy (non-hydrogen) atoms. The van der Waals surface area contributed by atoms with E-state index in [-0.39, 0.29) is 30.9 Å². The molecular formula is C50H92N2O7. The van der Waals surface area contributed by atoms with Gasteiger partial charge in [0.1, 0.15) is 12.1 Å². The molecule has 0 aliphatic heterocycles. The third-order valence-electron chi connectivity index (χ3n) is 11.2. The third kappa shape index (κ3) is 41.8. The number of ether oxygens (including phenoxy) is 1. The molecule has 2 amide bonds. The number of unbranched alkanes of at least 4 members (excludes halogenated alkanes) is 29. The van der Waals surface area contributed by atoms with Crippen molar-refractivity contribution >= 4 is 23.8 Å². The van der Waals surface area contributed by atoms with Crippen molar-refractivity contribution in [2.75, 3.05) is 13.2 Å². The number of amides is 2. The summed E-state index contributed by atoms with van der Waals surface area (Å²) in [6.07, 6.45) is 50.9. The van der Waals surface area contributed by atoms with Crippen LogP contribution >= 0.6 is 0 Å². The maximum Gasteiger partial charge on any atom is 0.328 e. The van der Waals surface area contributed by atoms with E-state index in [9.17, 15) is 19.2 Å². The summed E-state index contributed by atoms with van der Waals surface area (Å²) in [5, 5.41) is 22.6. The van der Waals surface area contributed by atoms with Gasteiger partial charge in [-0.1, -0.05) is 186 Å².